The molecule has 1 unspecified atom stereocenters. The van der Waals surface area contributed by atoms with Gasteiger partial charge in [-0.1, -0.05) is 17.3 Å². The Morgan fingerprint density at radius 1 is 1.18 bits per heavy atom. The standard InChI is InChI=1S/C21H22N6O/c1-14-23-21(28-26-14)16-8-9-20(22-12-16)27-10-4-5-15(13-27)11-19-24-17-6-2-3-7-18(17)25-19/h2-3,6-9,12,15H,4-5,10-11,13H2,1H3,(H,24,25). The molecule has 4 aromatic rings. The number of aromatic nitrogens is 5. The zero-order chi connectivity index (χ0) is 18.9. The smallest absolute Gasteiger partial charge is 0.259 e. The average Bonchev–Trinajstić information content (AvgIpc) is 3.34. The molecule has 1 N–H and O–H groups in total. The minimum absolute atomic E-state index is 0.512. The van der Waals surface area contributed by atoms with Crippen LogP contribution in [0.2, 0.25) is 0 Å². The summed E-state index contributed by atoms with van der Waals surface area (Å²) in [6.07, 6.45) is 5.15. The van der Waals surface area contributed by atoms with Crippen molar-refractivity contribution in [1.29, 1.82) is 0 Å². The topological polar surface area (TPSA) is 83.7 Å². The van der Waals surface area contributed by atoms with E-state index in [2.05, 4.69) is 37.1 Å². The van der Waals surface area contributed by atoms with E-state index in [9.17, 15) is 0 Å². The van der Waals surface area contributed by atoms with E-state index in [4.69, 9.17) is 9.51 Å². The van der Waals surface area contributed by atoms with Gasteiger partial charge >= 0.3 is 0 Å². The van der Waals surface area contributed by atoms with Crippen molar-refractivity contribution < 1.29 is 4.52 Å². The van der Waals surface area contributed by atoms with Gasteiger partial charge in [-0.25, -0.2) is 9.97 Å². The number of aryl methyl sites for hydroxylation is 1. The van der Waals surface area contributed by atoms with Gasteiger partial charge in [0.15, 0.2) is 5.82 Å². The number of nitrogens with one attached hydrogen (secondary N) is 1. The summed E-state index contributed by atoms with van der Waals surface area (Å²) in [5.74, 6) is 3.77. The van der Waals surface area contributed by atoms with E-state index in [1.54, 1.807) is 0 Å². The number of nitrogens with zero attached hydrogens (tertiary/aromatic N) is 5. The number of hydrogen-bond acceptors (Lipinski definition) is 6. The Morgan fingerprint density at radius 2 is 2.11 bits per heavy atom. The van der Waals surface area contributed by atoms with Crippen LogP contribution in [0.4, 0.5) is 5.82 Å². The molecule has 7 nitrogen and oxygen atoms in total. The molecule has 1 aliphatic rings. The van der Waals surface area contributed by atoms with E-state index in [-0.39, 0.29) is 0 Å². The van der Waals surface area contributed by atoms with Crippen molar-refractivity contribution in [3.8, 4) is 11.5 Å². The molecule has 28 heavy (non-hydrogen) atoms. The summed E-state index contributed by atoms with van der Waals surface area (Å²) >= 11 is 0. The molecule has 0 spiro atoms. The van der Waals surface area contributed by atoms with Gasteiger partial charge in [0, 0.05) is 25.7 Å². The highest BCUT2D eigenvalue weighted by molar-refractivity contribution is 5.74. The normalized spacial score (nSPS) is 17.3. The van der Waals surface area contributed by atoms with Crippen LogP contribution in [0.5, 0.6) is 0 Å². The number of aromatic amines is 1. The minimum Gasteiger partial charge on any atom is -0.356 e. The molecule has 1 fully saturated rings. The maximum atomic E-state index is 5.22. The lowest BCUT2D eigenvalue weighted by Crippen LogP contribution is -2.36. The fourth-order valence-electron chi connectivity index (χ4n) is 3.93. The number of benzene rings is 1. The van der Waals surface area contributed by atoms with Crippen LogP contribution < -0.4 is 4.90 Å². The molecule has 0 aliphatic carbocycles. The Kier molecular flexibility index (Phi) is 4.27. The second-order valence-electron chi connectivity index (χ2n) is 7.41. The van der Waals surface area contributed by atoms with Gasteiger partial charge in [0.2, 0.25) is 0 Å². The van der Waals surface area contributed by atoms with Crippen LogP contribution in [-0.4, -0.2) is 38.2 Å². The van der Waals surface area contributed by atoms with Crippen LogP contribution in [0.25, 0.3) is 22.5 Å². The molecule has 1 atom stereocenters. The molecule has 1 aliphatic heterocycles. The molecular formula is C21H22N6O. The fourth-order valence-corrected chi connectivity index (χ4v) is 3.93. The number of fused-ring (bicyclic) bond motifs is 1. The third-order valence-corrected chi connectivity index (χ3v) is 5.29. The summed E-state index contributed by atoms with van der Waals surface area (Å²) < 4.78 is 5.22. The molecule has 7 heteroatoms. The highest BCUT2D eigenvalue weighted by atomic mass is 16.5. The fraction of sp³-hybridized carbons (Fsp3) is 0.333. The second-order valence-corrected chi connectivity index (χ2v) is 7.41. The Bertz CT molecular complexity index is 1050. The SMILES string of the molecule is Cc1noc(-c2ccc(N3CCCC(Cc4nc5ccccc5[nH]4)C3)nc2)n1. The first-order valence-corrected chi connectivity index (χ1v) is 9.70. The Hall–Kier alpha value is -3.22. The van der Waals surface area contributed by atoms with Crippen molar-refractivity contribution in [3.05, 3.63) is 54.2 Å². The first kappa shape index (κ1) is 16.9. The summed E-state index contributed by atoms with van der Waals surface area (Å²) in [5, 5.41) is 3.84. The van der Waals surface area contributed by atoms with Crippen LogP contribution in [0, 0.1) is 12.8 Å². The van der Waals surface area contributed by atoms with Gasteiger partial charge in [-0.15, -0.1) is 0 Å². The van der Waals surface area contributed by atoms with Crippen molar-refractivity contribution in [2.24, 2.45) is 5.92 Å². The molecule has 4 heterocycles. The van der Waals surface area contributed by atoms with Crippen LogP contribution >= 0.6 is 0 Å². The van der Waals surface area contributed by atoms with E-state index >= 15 is 0 Å². The number of anilines is 1. The predicted octanol–water partition coefficient (Wildman–Crippen LogP) is 3.78. The minimum atomic E-state index is 0.512. The number of hydrogen-bond donors (Lipinski definition) is 1. The zero-order valence-electron chi connectivity index (χ0n) is 15.8. The molecule has 0 saturated carbocycles. The third kappa shape index (κ3) is 3.35. The highest BCUT2D eigenvalue weighted by Gasteiger charge is 2.22. The van der Waals surface area contributed by atoms with E-state index in [1.807, 2.05) is 37.4 Å². The number of H-pyrrole nitrogens is 1. The van der Waals surface area contributed by atoms with E-state index in [0.29, 0.717) is 17.6 Å². The van der Waals surface area contributed by atoms with Crippen molar-refractivity contribution in [3.63, 3.8) is 0 Å². The predicted molar refractivity (Wildman–Crippen MR) is 107 cm³/mol. The van der Waals surface area contributed by atoms with Crippen LogP contribution in [0.15, 0.2) is 47.1 Å². The molecule has 1 saturated heterocycles. The van der Waals surface area contributed by atoms with Crippen molar-refractivity contribution in [2.45, 2.75) is 26.2 Å². The van der Waals surface area contributed by atoms with Crippen molar-refractivity contribution in [2.75, 3.05) is 18.0 Å². The molecule has 142 valence electrons. The largest absolute Gasteiger partial charge is 0.356 e. The summed E-state index contributed by atoms with van der Waals surface area (Å²) in [5.41, 5.74) is 3.00. The highest BCUT2D eigenvalue weighted by Crippen LogP contribution is 2.26. The maximum absolute atomic E-state index is 5.22. The number of piperidine rings is 1. The average molecular weight is 374 g/mol. The lowest BCUT2D eigenvalue weighted by Gasteiger charge is -2.33. The van der Waals surface area contributed by atoms with E-state index < -0.39 is 0 Å². The van der Waals surface area contributed by atoms with E-state index in [1.165, 1.54) is 6.42 Å². The zero-order valence-corrected chi connectivity index (χ0v) is 15.8. The summed E-state index contributed by atoms with van der Waals surface area (Å²) in [6.45, 7) is 3.83. The van der Waals surface area contributed by atoms with Crippen LogP contribution in [0.3, 0.4) is 0 Å². The molecule has 1 aromatic carbocycles. The molecule has 0 amide bonds. The molecule has 0 radical (unpaired) electrons. The molecule has 5 rings (SSSR count). The van der Waals surface area contributed by atoms with E-state index in [0.717, 1.165) is 54.2 Å². The lowest BCUT2D eigenvalue weighted by molar-refractivity contribution is 0.406. The Balaban J connectivity index is 1.28. The Morgan fingerprint density at radius 3 is 2.89 bits per heavy atom. The number of pyridine rings is 1. The molecule has 3 aromatic heterocycles. The van der Waals surface area contributed by atoms with Gasteiger partial charge in [0.25, 0.3) is 5.89 Å². The molecular weight excluding hydrogens is 352 g/mol. The van der Waals surface area contributed by atoms with Crippen molar-refractivity contribution in [1.82, 2.24) is 25.1 Å². The lowest BCUT2D eigenvalue weighted by atomic mass is 9.94. The first-order valence-electron chi connectivity index (χ1n) is 9.70. The van der Waals surface area contributed by atoms with Gasteiger partial charge in [-0.3, -0.25) is 0 Å². The summed E-state index contributed by atoms with van der Waals surface area (Å²) in [7, 11) is 0. The van der Waals surface area contributed by atoms with Gasteiger partial charge < -0.3 is 14.4 Å². The molecule has 0 bridgehead atoms. The number of rotatable bonds is 4. The van der Waals surface area contributed by atoms with Crippen LogP contribution in [0.1, 0.15) is 24.5 Å². The monoisotopic (exact) mass is 374 g/mol. The Labute approximate surface area is 162 Å². The van der Waals surface area contributed by atoms with Crippen LogP contribution in [-0.2, 0) is 6.42 Å². The first-order chi connectivity index (χ1) is 13.7. The second kappa shape index (κ2) is 7.07. The van der Waals surface area contributed by atoms with Gasteiger partial charge in [0.1, 0.15) is 11.6 Å². The number of para-hydroxylation sites is 2. The quantitative estimate of drug-likeness (QED) is 0.585. The van der Waals surface area contributed by atoms with Crippen molar-refractivity contribution >= 4 is 16.9 Å². The summed E-state index contributed by atoms with van der Waals surface area (Å²) in [6, 6.07) is 12.2. The summed E-state index contributed by atoms with van der Waals surface area (Å²) in [4.78, 5) is 19.5. The third-order valence-electron chi connectivity index (χ3n) is 5.29. The maximum Gasteiger partial charge on any atom is 0.259 e. The number of imidazole rings is 1. The van der Waals surface area contributed by atoms with Gasteiger partial charge in [-0.05, 0) is 49.9 Å². The van der Waals surface area contributed by atoms with Gasteiger partial charge in [0.05, 0.1) is 16.6 Å². The van der Waals surface area contributed by atoms with Gasteiger partial charge in [-0.2, -0.15) is 4.98 Å².